The van der Waals surface area contributed by atoms with Gasteiger partial charge in [-0.15, -0.1) is 10.2 Å². The van der Waals surface area contributed by atoms with E-state index in [1.54, 1.807) is 11.9 Å². The lowest BCUT2D eigenvalue weighted by Crippen LogP contribution is -2.27. The van der Waals surface area contributed by atoms with Gasteiger partial charge >= 0.3 is 0 Å². The van der Waals surface area contributed by atoms with Crippen LogP contribution in [-0.4, -0.2) is 48.8 Å². The number of hydrogen-bond donors (Lipinski definition) is 0. The van der Waals surface area contributed by atoms with Gasteiger partial charge in [0.1, 0.15) is 0 Å². The number of benzene rings is 1. The van der Waals surface area contributed by atoms with Gasteiger partial charge in [-0.2, -0.15) is 0 Å². The highest BCUT2D eigenvalue weighted by Gasteiger charge is 2.29. The maximum Gasteiger partial charge on any atom is 0.277 e. The van der Waals surface area contributed by atoms with Crippen molar-refractivity contribution in [2.75, 3.05) is 29.2 Å². The molecule has 1 aromatic carbocycles. The van der Waals surface area contributed by atoms with Crippen LogP contribution in [0, 0.1) is 5.92 Å². The summed E-state index contributed by atoms with van der Waals surface area (Å²) in [5, 5.41) is 8.20. The standard InChI is InChI=1S/C16H19N3O4S2/c1-19(13-5-3-2-4-6-13)15(20)10-24-16-18-17-14(23-16)9-12-7-8-25(21,22)11-12/h2-6,12H,7-11H2,1H3/t12-/m1/s1. The largest absolute Gasteiger partial charge is 0.416 e. The molecule has 1 saturated heterocycles. The van der Waals surface area contributed by atoms with Gasteiger partial charge in [-0.05, 0) is 24.5 Å². The molecule has 1 amide bonds. The Hall–Kier alpha value is -1.87. The molecule has 0 spiro atoms. The first-order valence-electron chi connectivity index (χ1n) is 7.90. The first kappa shape index (κ1) is 17.9. The Kier molecular flexibility index (Phi) is 5.43. The number of nitrogens with zero attached hydrogens (tertiary/aromatic N) is 3. The maximum atomic E-state index is 12.2. The lowest BCUT2D eigenvalue weighted by molar-refractivity contribution is -0.115. The van der Waals surface area contributed by atoms with E-state index in [1.807, 2.05) is 30.3 Å². The number of rotatable bonds is 6. The van der Waals surface area contributed by atoms with Gasteiger partial charge < -0.3 is 9.32 Å². The lowest BCUT2D eigenvalue weighted by atomic mass is 10.1. The topological polar surface area (TPSA) is 93.4 Å². The number of hydrogen-bond acceptors (Lipinski definition) is 7. The summed E-state index contributed by atoms with van der Waals surface area (Å²) < 4.78 is 28.5. The average molecular weight is 381 g/mol. The zero-order valence-electron chi connectivity index (χ0n) is 13.8. The molecule has 1 aliphatic rings. The molecule has 25 heavy (non-hydrogen) atoms. The van der Waals surface area contributed by atoms with Crippen LogP contribution in [0.25, 0.3) is 0 Å². The van der Waals surface area contributed by atoms with E-state index in [-0.39, 0.29) is 29.1 Å². The van der Waals surface area contributed by atoms with Gasteiger partial charge in [0.15, 0.2) is 9.84 Å². The van der Waals surface area contributed by atoms with Crippen LogP contribution in [0.5, 0.6) is 0 Å². The summed E-state index contributed by atoms with van der Waals surface area (Å²) in [5.74, 6) is 0.983. The minimum Gasteiger partial charge on any atom is -0.416 e. The molecule has 0 N–H and O–H groups in total. The van der Waals surface area contributed by atoms with E-state index in [0.717, 1.165) is 5.69 Å². The molecule has 2 heterocycles. The second kappa shape index (κ2) is 7.57. The van der Waals surface area contributed by atoms with Crippen LogP contribution in [0.4, 0.5) is 5.69 Å². The summed E-state index contributed by atoms with van der Waals surface area (Å²) >= 11 is 1.18. The predicted octanol–water partition coefficient (Wildman–Crippen LogP) is 1.80. The number of carbonyl (C=O) groups excluding carboxylic acids is 1. The van der Waals surface area contributed by atoms with E-state index in [2.05, 4.69) is 10.2 Å². The van der Waals surface area contributed by atoms with Crippen molar-refractivity contribution >= 4 is 33.2 Å². The molecule has 134 valence electrons. The van der Waals surface area contributed by atoms with E-state index >= 15 is 0 Å². The number of aromatic nitrogens is 2. The minimum atomic E-state index is -2.91. The van der Waals surface area contributed by atoms with Crippen molar-refractivity contribution in [1.29, 1.82) is 0 Å². The molecule has 9 heteroatoms. The smallest absolute Gasteiger partial charge is 0.277 e. The third-order valence-corrected chi connectivity index (χ3v) is 6.72. The van der Waals surface area contributed by atoms with Crippen molar-refractivity contribution < 1.29 is 17.6 Å². The number of anilines is 1. The zero-order valence-corrected chi connectivity index (χ0v) is 15.4. The van der Waals surface area contributed by atoms with E-state index < -0.39 is 9.84 Å². The van der Waals surface area contributed by atoms with Gasteiger partial charge in [0.25, 0.3) is 5.22 Å². The SMILES string of the molecule is CN(C(=O)CSc1nnc(C[C@H]2CCS(=O)(=O)C2)o1)c1ccccc1. The fourth-order valence-corrected chi connectivity index (χ4v) is 5.23. The van der Waals surface area contributed by atoms with E-state index in [9.17, 15) is 13.2 Å². The van der Waals surface area contributed by atoms with Crippen LogP contribution in [0.2, 0.25) is 0 Å². The van der Waals surface area contributed by atoms with Crippen molar-refractivity contribution in [2.45, 2.75) is 18.1 Å². The van der Waals surface area contributed by atoms with Crippen LogP contribution >= 0.6 is 11.8 Å². The Morgan fingerprint density at radius 1 is 1.32 bits per heavy atom. The van der Waals surface area contributed by atoms with Gasteiger partial charge in [-0.3, -0.25) is 4.79 Å². The maximum absolute atomic E-state index is 12.2. The van der Waals surface area contributed by atoms with Crippen molar-refractivity contribution in [3.8, 4) is 0 Å². The summed E-state index contributed by atoms with van der Waals surface area (Å²) in [4.78, 5) is 13.8. The third kappa shape index (κ3) is 4.82. The van der Waals surface area contributed by atoms with Gasteiger partial charge in [0, 0.05) is 19.2 Å². The molecule has 2 aromatic rings. The number of para-hydroxylation sites is 1. The Labute approximate surface area is 150 Å². The van der Waals surface area contributed by atoms with Crippen LogP contribution in [0.1, 0.15) is 12.3 Å². The molecular weight excluding hydrogens is 362 g/mol. The number of amides is 1. The molecule has 1 fully saturated rings. The van der Waals surface area contributed by atoms with E-state index in [0.29, 0.717) is 24.0 Å². The van der Waals surface area contributed by atoms with Crippen molar-refractivity contribution in [3.05, 3.63) is 36.2 Å². The summed E-state index contributed by atoms with van der Waals surface area (Å²) in [5.41, 5.74) is 0.821. The molecule has 0 aliphatic carbocycles. The van der Waals surface area contributed by atoms with Gasteiger partial charge in [0.05, 0.1) is 17.3 Å². The van der Waals surface area contributed by atoms with Crippen LogP contribution in [0.15, 0.2) is 40.0 Å². The third-order valence-electron chi connectivity index (χ3n) is 4.08. The Morgan fingerprint density at radius 3 is 2.76 bits per heavy atom. The summed E-state index contributed by atoms with van der Waals surface area (Å²) in [6.07, 6.45) is 1.10. The van der Waals surface area contributed by atoms with Crippen molar-refractivity contribution in [2.24, 2.45) is 5.92 Å². The summed E-state index contributed by atoms with van der Waals surface area (Å²) in [6, 6.07) is 9.37. The fraction of sp³-hybridized carbons (Fsp3) is 0.438. The van der Waals surface area contributed by atoms with Gasteiger partial charge in [0.2, 0.25) is 11.8 Å². The molecule has 1 aromatic heterocycles. The minimum absolute atomic E-state index is 0.0362. The van der Waals surface area contributed by atoms with Gasteiger partial charge in [-0.25, -0.2) is 8.42 Å². The number of thioether (sulfide) groups is 1. The molecule has 0 unspecified atom stereocenters. The highest BCUT2D eigenvalue weighted by molar-refractivity contribution is 7.99. The fourth-order valence-electron chi connectivity index (χ4n) is 2.67. The zero-order chi connectivity index (χ0) is 17.9. The van der Waals surface area contributed by atoms with E-state index in [4.69, 9.17) is 4.42 Å². The van der Waals surface area contributed by atoms with Crippen molar-refractivity contribution in [3.63, 3.8) is 0 Å². The normalized spacial score (nSPS) is 19.0. The lowest BCUT2D eigenvalue weighted by Gasteiger charge is -2.16. The highest BCUT2D eigenvalue weighted by Crippen LogP contribution is 2.24. The molecular formula is C16H19N3O4S2. The summed E-state index contributed by atoms with van der Waals surface area (Å²) in [7, 11) is -1.19. The van der Waals surface area contributed by atoms with E-state index in [1.165, 1.54) is 11.8 Å². The first-order chi connectivity index (χ1) is 11.9. The Morgan fingerprint density at radius 2 is 2.08 bits per heavy atom. The second-order valence-electron chi connectivity index (χ2n) is 6.01. The molecule has 1 atom stereocenters. The first-order valence-corrected chi connectivity index (χ1v) is 10.7. The summed E-state index contributed by atoms with van der Waals surface area (Å²) in [6.45, 7) is 0. The monoisotopic (exact) mass is 381 g/mol. The Balaban J connectivity index is 1.51. The second-order valence-corrected chi connectivity index (χ2v) is 9.17. The number of carbonyl (C=O) groups is 1. The van der Waals surface area contributed by atoms with Crippen molar-refractivity contribution in [1.82, 2.24) is 10.2 Å². The molecule has 1 aliphatic heterocycles. The molecule has 0 radical (unpaired) electrons. The predicted molar refractivity (Wildman–Crippen MR) is 95.3 cm³/mol. The average Bonchev–Trinajstić information content (AvgIpc) is 3.19. The highest BCUT2D eigenvalue weighted by atomic mass is 32.2. The quantitative estimate of drug-likeness (QED) is 0.704. The van der Waals surface area contributed by atoms with Crippen LogP contribution < -0.4 is 4.90 Å². The molecule has 3 rings (SSSR count). The molecule has 0 bridgehead atoms. The molecule has 0 saturated carbocycles. The van der Waals surface area contributed by atoms with Crippen LogP contribution in [-0.2, 0) is 21.1 Å². The number of sulfone groups is 1. The van der Waals surface area contributed by atoms with Gasteiger partial charge in [-0.1, -0.05) is 30.0 Å². The van der Waals surface area contributed by atoms with Crippen LogP contribution in [0.3, 0.4) is 0 Å². The molecule has 7 nitrogen and oxygen atoms in total. The Bertz CT molecular complexity index is 836.